The molecule has 0 saturated heterocycles. The first-order valence-corrected chi connectivity index (χ1v) is 19.0. The minimum atomic E-state index is -0.500. The van der Waals surface area contributed by atoms with Gasteiger partial charge in [-0.2, -0.15) is 0 Å². The molecule has 0 bridgehead atoms. The first-order valence-electron chi connectivity index (χ1n) is 19.0. The minimum absolute atomic E-state index is 0.500. The third kappa shape index (κ3) is 4.21. The van der Waals surface area contributed by atoms with Crippen molar-refractivity contribution in [3.8, 4) is 67.5 Å². The molecule has 0 atom stereocenters. The smallest absolute Gasteiger partial charge is 0.164 e. The molecule has 0 unspecified atom stereocenters. The largest absolute Gasteiger partial charge is 0.456 e. The highest BCUT2D eigenvalue weighted by Crippen LogP contribution is 2.64. The molecule has 0 fully saturated rings. The van der Waals surface area contributed by atoms with E-state index in [1.807, 2.05) is 48.5 Å². The van der Waals surface area contributed by atoms with Gasteiger partial charge in [0, 0.05) is 27.5 Å². The summed E-state index contributed by atoms with van der Waals surface area (Å²) in [6.45, 7) is 0. The van der Waals surface area contributed by atoms with Gasteiger partial charge in [0.25, 0.3) is 0 Å². The van der Waals surface area contributed by atoms with E-state index in [-0.39, 0.29) is 0 Å². The van der Waals surface area contributed by atoms with Crippen LogP contribution in [0.15, 0.2) is 192 Å². The average Bonchev–Trinajstić information content (AvgIpc) is 3.91. The topological polar surface area (TPSA) is 51.8 Å². The zero-order valence-corrected chi connectivity index (χ0v) is 30.1. The van der Waals surface area contributed by atoms with E-state index in [4.69, 9.17) is 19.4 Å². The van der Waals surface area contributed by atoms with Gasteiger partial charge in [-0.05, 0) is 67.8 Å². The van der Waals surface area contributed by atoms with E-state index in [1.165, 1.54) is 44.5 Å². The molecule has 4 heteroatoms. The average molecular weight is 714 g/mol. The van der Waals surface area contributed by atoms with Crippen LogP contribution in [-0.4, -0.2) is 15.0 Å². The second kappa shape index (κ2) is 11.8. The molecule has 0 amide bonds. The monoisotopic (exact) mass is 713 g/mol. The van der Waals surface area contributed by atoms with Crippen LogP contribution >= 0.6 is 0 Å². The molecule has 2 aromatic heterocycles. The summed E-state index contributed by atoms with van der Waals surface area (Å²) >= 11 is 0. The zero-order chi connectivity index (χ0) is 36.8. The van der Waals surface area contributed by atoms with Crippen molar-refractivity contribution in [2.24, 2.45) is 0 Å². The maximum atomic E-state index is 6.32. The van der Waals surface area contributed by atoms with E-state index < -0.39 is 5.41 Å². The molecule has 0 N–H and O–H groups in total. The van der Waals surface area contributed by atoms with Crippen LogP contribution in [0.3, 0.4) is 0 Å². The fourth-order valence-corrected chi connectivity index (χ4v) is 9.59. The second-order valence-corrected chi connectivity index (χ2v) is 14.6. The Balaban J connectivity index is 1.14. The van der Waals surface area contributed by atoms with Crippen molar-refractivity contribution in [1.82, 2.24) is 15.0 Å². The second-order valence-electron chi connectivity index (χ2n) is 14.6. The van der Waals surface area contributed by atoms with Crippen molar-refractivity contribution >= 4 is 21.9 Å². The summed E-state index contributed by atoms with van der Waals surface area (Å²) in [4.78, 5) is 15.8. The fraction of sp³-hybridized carbons (Fsp3) is 0.0192. The van der Waals surface area contributed by atoms with E-state index in [0.29, 0.717) is 17.5 Å². The maximum Gasteiger partial charge on any atom is 0.164 e. The standard InChI is InChI=1S/C52H31N3O/c1-2-16-32(17-3-1)49-53-50(55-51(54-49)41-26-15-31-46-47(41)40-23-9-13-30-45(40)56-46)39-22-5-4-18-33(39)37-24-14-25-38-36-21-8-12-29-44(36)52(48(37)38)42-27-10-6-19-34(42)35-20-7-11-28-43(35)52/h1-31H. The molecular formula is C52H31N3O. The molecule has 2 aliphatic carbocycles. The number of hydrogen-bond donors (Lipinski definition) is 0. The Hall–Kier alpha value is -7.43. The van der Waals surface area contributed by atoms with Crippen LogP contribution < -0.4 is 0 Å². The Morgan fingerprint density at radius 3 is 1.46 bits per heavy atom. The summed E-state index contributed by atoms with van der Waals surface area (Å²) in [5.41, 5.74) is 16.4. The van der Waals surface area contributed by atoms with Gasteiger partial charge in [0.15, 0.2) is 17.5 Å². The Bertz CT molecular complexity index is 3150. The molecule has 0 radical (unpaired) electrons. The summed E-state index contributed by atoms with van der Waals surface area (Å²) in [7, 11) is 0. The number of para-hydroxylation sites is 1. The number of fused-ring (bicyclic) bond motifs is 13. The summed E-state index contributed by atoms with van der Waals surface area (Å²) in [6.07, 6.45) is 0. The van der Waals surface area contributed by atoms with Crippen LogP contribution in [0.25, 0.3) is 89.5 Å². The molecular weight excluding hydrogens is 683 g/mol. The van der Waals surface area contributed by atoms with Gasteiger partial charge in [0.2, 0.25) is 0 Å². The van der Waals surface area contributed by atoms with Crippen molar-refractivity contribution in [3.05, 3.63) is 210 Å². The van der Waals surface area contributed by atoms with Gasteiger partial charge in [-0.1, -0.05) is 176 Å². The Morgan fingerprint density at radius 1 is 0.321 bits per heavy atom. The quantitative estimate of drug-likeness (QED) is 0.182. The normalized spacial score (nSPS) is 13.1. The Morgan fingerprint density at radius 2 is 0.768 bits per heavy atom. The van der Waals surface area contributed by atoms with Gasteiger partial charge in [-0.15, -0.1) is 0 Å². The summed E-state index contributed by atoms with van der Waals surface area (Å²) in [5.74, 6) is 1.83. The van der Waals surface area contributed by atoms with Crippen LogP contribution in [0.4, 0.5) is 0 Å². The molecule has 4 nitrogen and oxygen atoms in total. The lowest BCUT2D eigenvalue weighted by Crippen LogP contribution is -2.26. The molecule has 2 heterocycles. The predicted molar refractivity (Wildman–Crippen MR) is 225 cm³/mol. The molecule has 260 valence electrons. The van der Waals surface area contributed by atoms with Gasteiger partial charge in [0.1, 0.15) is 11.2 Å². The lowest BCUT2D eigenvalue weighted by molar-refractivity contribution is 0.669. The predicted octanol–water partition coefficient (Wildman–Crippen LogP) is 12.8. The van der Waals surface area contributed by atoms with E-state index in [9.17, 15) is 0 Å². The highest BCUT2D eigenvalue weighted by molar-refractivity contribution is 6.12. The van der Waals surface area contributed by atoms with Gasteiger partial charge < -0.3 is 4.42 Å². The third-order valence-corrected chi connectivity index (χ3v) is 11.8. The molecule has 56 heavy (non-hydrogen) atoms. The zero-order valence-electron chi connectivity index (χ0n) is 30.1. The highest BCUT2D eigenvalue weighted by Gasteiger charge is 2.52. The summed E-state index contributed by atoms with van der Waals surface area (Å²) in [5, 5.41) is 2.02. The van der Waals surface area contributed by atoms with Crippen LogP contribution in [0.1, 0.15) is 22.3 Å². The van der Waals surface area contributed by atoms with Crippen LogP contribution in [0.5, 0.6) is 0 Å². The maximum absolute atomic E-state index is 6.32. The number of rotatable bonds is 4. The van der Waals surface area contributed by atoms with E-state index in [1.54, 1.807) is 0 Å². The van der Waals surface area contributed by atoms with E-state index in [2.05, 4.69) is 140 Å². The van der Waals surface area contributed by atoms with E-state index >= 15 is 0 Å². The first kappa shape index (κ1) is 31.0. The molecule has 2 aliphatic rings. The van der Waals surface area contributed by atoms with Crippen molar-refractivity contribution < 1.29 is 4.42 Å². The van der Waals surface area contributed by atoms with Crippen LogP contribution in [-0.2, 0) is 5.41 Å². The molecule has 10 aromatic rings. The van der Waals surface area contributed by atoms with Gasteiger partial charge in [-0.3, -0.25) is 0 Å². The fourth-order valence-electron chi connectivity index (χ4n) is 9.59. The number of nitrogens with zero attached hydrogens (tertiary/aromatic N) is 3. The van der Waals surface area contributed by atoms with Crippen molar-refractivity contribution in [2.75, 3.05) is 0 Å². The molecule has 0 aliphatic heterocycles. The number of hydrogen-bond acceptors (Lipinski definition) is 4. The number of furan rings is 1. The minimum Gasteiger partial charge on any atom is -0.456 e. The SMILES string of the molecule is c1ccc(-c2nc(-c3ccccc3-c3cccc4c3C3(c5ccccc5-c5ccccc53)c3ccccc3-4)nc(-c3cccc4oc5ccccc5c34)n2)cc1. The molecule has 12 rings (SSSR count). The van der Waals surface area contributed by atoms with E-state index in [0.717, 1.165) is 49.8 Å². The Kier molecular flexibility index (Phi) is 6.52. The number of benzene rings is 8. The summed E-state index contributed by atoms with van der Waals surface area (Å²) < 4.78 is 6.32. The van der Waals surface area contributed by atoms with Crippen molar-refractivity contribution in [2.45, 2.75) is 5.41 Å². The van der Waals surface area contributed by atoms with Gasteiger partial charge in [-0.25, -0.2) is 15.0 Å². The third-order valence-electron chi connectivity index (χ3n) is 11.8. The lowest BCUT2D eigenvalue weighted by Gasteiger charge is -2.32. The van der Waals surface area contributed by atoms with Gasteiger partial charge in [0.05, 0.1) is 5.41 Å². The van der Waals surface area contributed by atoms with Crippen molar-refractivity contribution in [3.63, 3.8) is 0 Å². The summed E-state index contributed by atoms with van der Waals surface area (Å²) in [6, 6.07) is 66.7. The van der Waals surface area contributed by atoms with Crippen LogP contribution in [0, 0.1) is 0 Å². The molecule has 0 saturated carbocycles. The molecule has 1 spiro atoms. The molecule has 8 aromatic carbocycles. The van der Waals surface area contributed by atoms with Crippen molar-refractivity contribution in [1.29, 1.82) is 0 Å². The number of aromatic nitrogens is 3. The first-order chi connectivity index (χ1) is 27.8. The highest BCUT2D eigenvalue weighted by atomic mass is 16.3. The van der Waals surface area contributed by atoms with Gasteiger partial charge >= 0.3 is 0 Å². The van der Waals surface area contributed by atoms with Crippen LogP contribution in [0.2, 0.25) is 0 Å². The Labute approximate surface area is 323 Å². The lowest BCUT2D eigenvalue weighted by atomic mass is 9.68.